The van der Waals surface area contributed by atoms with Gasteiger partial charge in [0.15, 0.2) is 0 Å². The van der Waals surface area contributed by atoms with Crippen LogP contribution in [0.25, 0.3) is 6.08 Å². The summed E-state index contributed by atoms with van der Waals surface area (Å²) in [5.74, 6) is 1.62. The number of rotatable bonds is 10. The van der Waals surface area contributed by atoms with Crippen molar-refractivity contribution in [2.75, 3.05) is 6.61 Å². The largest absolute Gasteiger partial charge is 0.376 e. The number of hydrogen-bond donors (Lipinski definition) is 0. The second kappa shape index (κ2) is 11.8. The zero-order valence-corrected chi connectivity index (χ0v) is 18.0. The molecule has 0 N–H and O–H groups in total. The molecule has 1 aliphatic carbocycles. The number of ether oxygens (including phenoxy) is 1. The molecule has 0 atom stereocenters. The van der Waals surface area contributed by atoms with Gasteiger partial charge in [-0.1, -0.05) is 73.3 Å². The lowest BCUT2D eigenvalue weighted by atomic mass is 9.77. The maximum absolute atomic E-state index is 5.74. The summed E-state index contributed by atoms with van der Waals surface area (Å²) in [6, 6.07) is 18.0. The van der Waals surface area contributed by atoms with Crippen molar-refractivity contribution >= 4 is 6.08 Å². The normalized spacial score (nSPS) is 19.5. The third kappa shape index (κ3) is 7.01. The van der Waals surface area contributed by atoms with Crippen LogP contribution < -0.4 is 0 Å². The predicted molar refractivity (Wildman–Crippen MR) is 125 cm³/mol. The Morgan fingerprint density at radius 2 is 1.62 bits per heavy atom. The molecule has 0 amide bonds. The third-order valence-corrected chi connectivity index (χ3v) is 6.29. The Balaban J connectivity index is 1.38. The summed E-state index contributed by atoms with van der Waals surface area (Å²) < 4.78 is 5.74. The van der Waals surface area contributed by atoms with E-state index in [0.717, 1.165) is 31.5 Å². The SMILES string of the molecule is C=Cc1ccc(CC[C@H]2CC[C@H](c3ccc(COCCC=CC)cc3)CC2)cc1. The molecular formula is C28H36O. The van der Waals surface area contributed by atoms with Crippen molar-refractivity contribution < 1.29 is 4.74 Å². The minimum Gasteiger partial charge on any atom is -0.376 e. The quantitative estimate of drug-likeness (QED) is 0.299. The fraction of sp³-hybridized carbons (Fsp3) is 0.429. The molecule has 0 bridgehead atoms. The van der Waals surface area contributed by atoms with Gasteiger partial charge in [0.25, 0.3) is 0 Å². The van der Waals surface area contributed by atoms with E-state index in [1.54, 1.807) is 0 Å². The van der Waals surface area contributed by atoms with Crippen LogP contribution in [0.5, 0.6) is 0 Å². The van der Waals surface area contributed by atoms with Gasteiger partial charge in [-0.25, -0.2) is 0 Å². The molecule has 0 spiro atoms. The Hall–Kier alpha value is -2.12. The van der Waals surface area contributed by atoms with E-state index in [2.05, 4.69) is 67.3 Å². The van der Waals surface area contributed by atoms with Gasteiger partial charge in [-0.3, -0.25) is 0 Å². The highest BCUT2D eigenvalue weighted by Crippen LogP contribution is 2.37. The molecule has 0 radical (unpaired) electrons. The van der Waals surface area contributed by atoms with Crippen molar-refractivity contribution in [1.29, 1.82) is 0 Å². The minimum atomic E-state index is 0.721. The molecule has 1 fully saturated rings. The van der Waals surface area contributed by atoms with Crippen LogP contribution in [0, 0.1) is 5.92 Å². The van der Waals surface area contributed by atoms with Gasteiger partial charge in [0.05, 0.1) is 13.2 Å². The Kier molecular flexibility index (Phi) is 8.77. The van der Waals surface area contributed by atoms with Crippen LogP contribution in [0.3, 0.4) is 0 Å². The zero-order valence-electron chi connectivity index (χ0n) is 18.0. The van der Waals surface area contributed by atoms with Gasteiger partial charge in [0.2, 0.25) is 0 Å². The topological polar surface area (TPSA) is 9.23 Å². The number of benzene rings is 2. The lowest BCUT2D eigenvalue weighted by Gasteiger charge is -2.29. The molecule has 0 saturated heterocycles. The summed E-state index contributed by atoms with van der Waals surface area (Å²) in [7, 11) is 0. The van der Waals surface area contributed by atoms with Gasteiger partial charge in [0, 0.05) is 0 Å². The number of hydrogen-bond acceptors (Lipinski definition) is 1. The molecule has 29 heavy (non-hydrogen) atoms. The van der Waals surface area contributed by atoms with Crippen LogP contribution in [0.15, 0.2) is 67.3 Å². The molecule has 0 aromatic heterocycles. The molecule has 0 aliphatic heterocycles. The van der Waals surface area contributed by atoms with E-state index < -0.39 is 0 Å². The van der Waals surface area contributed by atoms with Gasteiger partial charge in [-0.05, 0) is 86.0 Å². The zero-order chi connectivity index (χ0) is 20.3. The molecule has 1 heteroatoms. The fourth-order valence-corrected chi connectivity index (χ4v) is 4.37. The van der Waals surface area contributed by atoms with Gasteiger partial charge < -0.3 is 4.74 Å². The standard InChI is InChI=1S/C28H36O/c1-3-5-6-21-29-22-26-15-19-28(20-16-26)27-17-13-25(14-18-27)12-11-24-9-7-23(4-2)8-10-24/h3-5,7-10,15-16,19-20,25,27H,2,6,11-14,17-18,21-22H2,1H3/t25-,27-. The molecule has 1 saturated carbocycles. The van der Waals surface area contributed by atoms with Crippen LogP contribution in [0.4, 0.5) is 0 Å². The van der Waals surface area contributed by atoms with Crippen molar-refractivity contribution in [3.05, 3.63) is 89.5 Å². The molecule has 2 aromatic carbocycles. The molecule has 0 unspecified atom stereocenters. The second-order valence-electron chi connectivity index (χ2n) is 8.35. The predicted octanol–water partition coefficient (Wildman–Crippen LogP) is 7.72. The maximum atomic E-state index is 5.74. The average Bonchev–Trinajstić information content (AvgIpc) is 2.79. The third-order valence-electron chi connectivity index (χ3n) is 6.29. The summed E-state index contributed by atoms with van der Waals surface area (Å²) in [5.41, 5.74) is 5.47. The highest BCUT2D eigenvalue weighted by molar-refractivity contribution is 5.47. The highest BCUT2D eigenvalue weighted by atomic mass is 16.5. The lowest BCUT2D eigenvalue weighted by molar-refractivity contribution is 0.125. The monoisotopic (exact) mass is 388 g/mol. The Morgan fingerprint density at radius 1 is 0.931 bits per heavy atom. The van der Waals surface area contributed by atoms with Crippen molar-refractivity contribution in [3.63, 3.8) is 0 Å². The van der Waals surface area contributed by atoms with Gasteiger partial charge in [-0.2, -0.15) is 0 Å². The second-order valence-corrected chi connectivity index (χ2v) is 8.35. The molecule has 3 rings (SSSR count). The van der Waals surface area contributed by atoms with Crippen LogP contribution in [-0.4, -0.2) is 6.61 Å². The van der Waals surface area contributed by atoms with E-state index >= 15 is 0 Å². The van der Waals surface area contributed by atoms with E-state index in [1.165, 1.54) is 60.8 Å². The minimum absolute atomic E-state index is 0.721. The Labute approximate surface area is 177 Å². The van der Waals surface area contributed by atoms with Gasteiger partial charge in [0.1, 0.15) is 0 Å². The first-order valence-electron chi connectivity index (χ1n) is 11.3. The molecule has 1 aliphatic rings. The lowest BCUT2D eigenvalue weighted by Crippen LogP contribution is -2.14. The smallest absolute Gasteiger partial charge is 0.0717 e. The summed E-state index contributed by atoms with van der Waals surface area (Å²) in [5, 5.41) is 0. The highest BCUT2D eigenvalue weighted by Gasteiger charge is 2.22. The van der Waals surface area contributed by atoms with E-state index in [4.69, 9.17) is 4.74 Å². The van der Waals surface area contributed by atoms with E-state index in [9.17, 15) is 0 Å². The summed E-state index contributed by atoms with van der Waals surface area (Å²) in [6.07, 6.45) is 15.1. The van der Waals surface area contributed by atoms with Gasteiger partial charge >= 0.3 is 0 Å². The summed E-state index contributed by atoms with van der Waals surface area (Å²) in [4.78, 5) is 0. The molecule has 1 nitrogen and oxygen atoms in total. The first-order chi connectivity index (χ1) is 14.3. The van der Waals surface area contributed by atoms with E-state index in [1.807, 2.05) is 13.0 Å². The Morgan fingerprint density at radius 3 is 2.28 bits per heavy atom. The van der Waals surface area contributed by atoms with Crippen molar-refractivity contribution in [1.82, 2.24) is 0 Å². The van der Waals surface area contributed by atoms with Crippen LogP contribution >= 0.6 is 0 Å². The van der Waals surface area contributed by atoms with Crippen molar-refractivity contribution in [2.45, 2.75) is 64.4 Å². The van der Waals surface area contributed by atoms with Crippen LogP contribution in [0.1, 0.15) is 73.6 Å². The fourth-order valence-electron chi connectivity index (χ4n) is 4.37. The number of aryl methyl sites for hydroxylation is 1. The first kappa shape index (κ1) is 21.6. The molecule has 154 valence electrons. The van der Waals surface area contributed by atoms with Gasteiger partial charge in [-0.15, -0.1) is 0 Å². The number of allylic oxidation sites excluding steroid dienone is 1. The van der Waals surface area contributed by atoms with Crippen molar-refractivity contribution in [3.8, 4) is 0 Å². The van der Waals surface area contributed by atoms with Crippen LogP contribution in [-0.2, 0) is 17.8 Å². The maximum Gasteiger partial charge on any atom is 0.0717 e. The molecular weight excluding hydrogens is 352 g/mol. The van der Waals surface area contributed by atoms with Crippen molar-refractivity contribution in [2.24, 2.45) is 5.92 Å². The average molecular weight is 389 g/mol. The summed E-state index contributed by atoms with van der Waals surface area (Å²) >= 11 is 0. The summed E-state index contributed by atoms with van der Waals surface area (Å²) in [6.45, 7) is 7.40. The molecule has 0 heterocycles. The van der Waals surface area contributed by atoms with E-state index in [-0.39, 0.29) is 0 Å². The molecule has 2 aromatic rings. The van der Waals surface area contributed by atoms with Crippen LogP contribution in [0.2, 0.25) is 0 Å². The first-order valence-corrected chi connectivity index (χ1v) is 11.3. The van der Waals surface area contributed by atoms with E-state index in [0.29, 0.717) is 0 Å². The Bertz CT molecular complexity index is 746.